The molecule has 0 bridgehead atoms. The molecule has 10 aromatic rings. The number of hydrogen-bond acceptors (Lipinski definition) is 14. The number of fused-ring (bicyclic) bond motifs is 4. The highest BCUT2D eigenvalue weighted by Crippen LogP contribution is 2.38. The molecular formula is C52H58BBrN12O4P2. The molecule has 1 aliphatic rings. The maximum atomic E-state index is 12.3. The number of halogens is 1. The molecular weight excluding hydrogens is 1010 g/mol. The van der Waals surface area contributed by atoms with Crippen LogP contribution in [0.2, 0.25) is 0 Å². The molecule has 1 aliphatic heterocycles. The van der Waals surface area contributed by atoms with Crippen LogP contribution >= 0.6 is 30.2 Å². The van der Waals surface area contributed by atoms with E-state index in [1.807, 2.05) is 125 Å². The summed E-state index contributed by atoms with van der Waals surface area (Å²) >= 11 is 3.32. The first-order valence-corrected chi connectivity index (χ1v) is 28.4. The first-order chi connectivity index (χ1) is 33.3. The lowest BCUT2D eigenvalue weighted by molar-refractivity contribution is 0.00578. The number of hydrogen-bond donors (Lipinski definition) is 0. The van der Waals surface area contributed by atoms with Crippen molar-refractivity contribution in [1.82, 2.24) is 59.9 Å². The van der Waals surface area contributed by atoms with Crippen LogP contribution in [0.5, 0.6) is 0 Å². The van der Waals surface area contributed by atoms with Crippen LogP contribution in [-0.4, -0.2) is 105 Å². The molecule has 4 aromatic carbocycles. The SMILES string of the molecule is Brc1cnc2nnn(Cc3ccc4ncccc4c3)c2n1.C.C.CC1(C)OB(c2ccc(P(C)(C)=O)cc2)OC1(C)C.CP(C)(=O)c1ccc(-c2cnc3nnn(Cc4ccc5ncccc5c4)c3n2)cc1. The summed E-state index contributed by atoms with van der Waals surface area (Å²) in [6.45, 7) is 16.3. The van der Waals surface area contributed by atoms with Gasteiger partial charge in [-0.05, 0) is 123 Å². The van der Waals surface area contributed by atoms with Crippen LogP contribution < -0.4 is 16.1 Å². The lowest BCUT2D eigenvalue weighted by Gasteiger charge is -2.32. The minimum Gasteiger partial charge on any atom is -0.399 e. The van der Waals surface area contributed by atoms with E-state index < -0.39 is 14.3 Å². The van der Waals surface area contributed by atoms with Gasteiger partial charge in [0, 0.05) is 39.3 Å². The Hall–Kier alpha value is -6.42. The smallest absolute Gasteiger partial charge is 0.399 e. The summed E-state index contributed by atoms with van der Waals surface area (Å²) in [7, 11) is -4.84. The first-order valence-electron chi connectivity index (χ1n) is 22.4. The Morgan fingerprint density at radius 3 is 1.53 bits per heavy atom. The fourth-order valence-electron chi connectivity index (χ4n) is 7.60. The minimum absolute atomic E-state index is 0. The van der Waals surface area contributed by atoms with Gasteiger partial charge < -0.3 is 18.4 Å². The molecule has 0 N–H and O–H groups in total. The second kappa shape index (κ2) is 21.4. The van der Waals surface area contributed by atoms with E-state index in [2.05, 4.69) is 73.6 Å². The van der Waals surface area contributed by atoms with Crippen molar-refractivity contribution in [3.05, 3.63) is 150 Å². The zero-order valence-electron chi connectivity index (χ0n) is 40.0. The van der Waals surface area contributed by atoms with Crippen molar-refractivity contribution in [2.45, 2.75) is 66.8 Å². The molecule has 72 heavy (non-hydrogen) atoms. The normalized spacial score (nSPS) is 14.0. The third-order valence-corrected chi connectivity index (χ3v) is 15.7. The van der Waals surface area contributed by atoms with Gasteiger partial charge in [0.1, 0.15) is 18.9 Å². The lowest BCUT2D eigenvalue weighted by atomic mass is 9.79. The number of pyridine rings is 2. The van der Waals surface area contributed by atoms with Crippen LogP contribution in [0.25, 0.3) is 55.7 Å². The summed E-state index contributed by atoms with van der Waals surface area (Å²) < 4.78 is 40.4. The van der Waals surface area contributed by atoms with Gasteiger partial charge in [0.2, 0.25) is 11.3 Å². The van der Waals surface area contributed by atoms with E-state index in [0.717, 1.165) is 60.3 Å². The Morgan fingerprint density at radius 2 is 1.04 bits per heavy atom. The largest absolute Gasteiger partial charge is 0.494 e. The van der Waals surface area contributed by atoms with Crippen LogP contribution in [0.4, 0.5) is 0 Å². The van der Waals surface area contributed by atoms with Gasteiger partial charge in [0.25, 0.3) is 0 Å². The van der Waals surface area contributed by atoms with Crippen molar-refractivity contribution >= 4 is 97.8 Å². The molecule has 11 rings (SSSR count). The van der Waals surface area contributed by atoms with E-state index in [-0.39, 0.29) is 33.2 Å². The number of rotatable bonds is 8. The number of aromatic nitrogens is 12. The van der Waals surface area contributed by atoms with Gasteiger partial charge in [0.05, 0.1) is 53.4 Å². The molecule has 1 fully saturated rings. The molecule has 0 amide bonds. The third kappa shape index (κ3) is 11.9. The lowest BCUT2D eigenvalue weighted by Crippen LogP contribution is -2.41. The van der Waals surface area contributed by atoms with Gasteiger partial charge in [-0.3, -0.25) is 9.97 Å². The van der Waals surface area contributed by atoms with E-state index in [9.17, 15) is 9.13 Å². The Kier molecular flexibility index (Phi) is 15.8. The topological polar surface area (TPSA) is 191 Å². The second-order valence-electron chi connectivity index (χ2n) is 18.7. The first kappa shape index (κ1) is 53.4. The van der Waals surface area contributed by atoms with Gasteiger partial charge in [-0.1, -0.05) is 98.1 Å². The third-order valence-electron chi connectivity index (χ3n) is 12.3. The van der Waals surface area contributed by atoms with E-state index in [1.54, 1.807) is 60.8 Å². The molecule has 0 saturated carbocycles. The zero-order chi connectivity index (χ0) is 49.4. The summed E-state index contributed by atoms with van der Waals surface area (Å²) in [5, 5.41) is 20.4. The van der Waals surface area contributed by atoms with Crippen LogP contribution in [0, 0.1) is 0 Å². The summed E-state index contributed by atoms with van der Waals surface area (Å²) in [5.41, 5.74) is 8.41. The van der Waals surface area contributed by atoms with Gasteiger partial charge >= 0.3 is 7.12 Å². The predicted octanol–water partition coefficient (Wildman–Crippen LogP) is 9.82. The van der Waals surface area contributed by atoms with Crippen LogP contribution in [-0.2, 0) is 31.5 Å². The van der Waals surface area contributed by atoms with Crippen molar-refractivity contribution in [3.8, 4) is 11.3 Å². The Labute approximate surface area is 428 Å². The summed E-state index contributed by atoms with van der Waals surface area (Å²) in [4.78, 5) is 26.4. The van der Waals surface area contributed by atoms with Gasteiger partial charge in [0.15, 0.2) is 11.3 Å². The standard InChI is InChI=1S/C22H19N6OP.C14H22BO3P.C14H9BrN6.2CH4/c1-30(2,29)18-8-6-16(7-9-18)20-13-24-21-22(25-20)28(27-26-21)14-15-5-10-19-17(12-15)4-3-11-23-19;1-13(2)14(3,4)18-15(17-13)11-7-9-12(10-8-11)19(5,6)16;15-12-7-17-13-14(18-12)21(20-19-13)8-9-3-4-11-10(6-9)2-1-5-16-11;;/h3-13H,14H2,1-2H3;7-10H,1-6H3;1-7H,8H2;2*1H4. The zero-order valence-corrected chi connectivity index (χ0v) is 43.3. The second-order valence-corrected chi connectivity index (χ2v) is 26.0. The molecule has 0 spiro atoms. The highest BCUT2D eigenvalue weighted by atomic mass is 79.9. The van der Waals surface area contributed by atoms with Crippen molar-refractivity contribution in [2.75, 3.05) is 26.7 Å². The average Bonchev–Trinajstić information content (AvgIpc) is 3.99. The molecule has 1 saturated heterocycles. The van der Waals surface area contributed by atoms with Crippen LogP contribution in [0.3, 0.4) is 0 Å². The Bertz CT molecular complexity index is 3600. The maximum absolute atomic E-state index is 12.3. The Morgan fingerprint density at radius 1 is 0.583 bits per heavy atom. The quantitative estimate of drug-likeness (QED) is 0.103. The van der Waals surface area contributed by atoms with Gasteiger partial charge in [-0.25, -0.2) is 29.3 Å². The van der Waals surface area contributed by atoms with Crippen molar-refractivity contribution < 1.29 is 18.4 Å². The van der Waals surface area contributed by atoms with Crippen LogP contribution in [0.15, 0.2) is 139 Å². The molecule has 0 unspecified atom stereocenters. The summed E-state index contributed by atoms with van der Waals surface area (Å²) in [6, 6.07) is 35.5. The molecule has 0 atom stereocenters. The monoisotopic (exact) mass is 1070 g/mol. The molecule has 20 heteroatoms. The van der Waals surface area contributed by atoms with Crippen molar-refractivity contribution in [2.24, 2.45) is 0 Å². The van der Waals surface area contributed by atoms with E-state index in [0.29, 0.717) is 40.3 Å². The molecule has 370 valence electrons. The average molecular weight is 1070 g/mol. The summed E-state index contributed by atoms with van der Waals surface area (Å²) in [6.07, 6.45) is 6.88. The van der Waals surface area contributed by atoms with E-state index in [1.165, 1.54) is 0 Å². The fraction of sp³-hybridized carbons (Fsp3) is 0.269. The van der Waals surface area contributed by atoms with Gasteiger partial charge in [-0.2, -0.15) is 0 Å². The molecule has 0 aliphatic carbocycles. The number of benzene rings is 4. The molecule has 16 nitrogen and oxygen atoms in total. The summed E-state index contributed by atoms with van der Waals surface area (Å²) in [5.74, 6) is 0. The molecule has 7 heterocycles. The van der Waals surface area contributed by atoms with E-state index in [4.69, 9.17) is 14.3 Å². The molecule has 0 radical (unpaired) electrons. The van der Waals surface area contributed by atoms with E-state index >= 15 is 0 Å². The van der Waals surface area contributed by atoms with Crippen LogP contribution in [0.1, 0.15) is 53.7 Å². The van der Waals surface area contributed by atoms with Crippen molar-refractivity contribution in [3.63, 3.8) is 0 Å². The molecule has 6 aromatic heterocycles. The van der Waals surface area contributed by atoms with Gasteiger partial charge in [-0.15, -0.1) is 10.2 Å². The number of nitrogens with zero attached hydrogens (tertiary/aromatic N) is 12. The van der Waals surface area contributed by atoms with Crippen molar-refractivity contribution in [1.29, 1.82) is 0 Å². The maximum Gasteiger partial charge on any atom is 0.494 e. The highest BCUT2D eigenvalue weighted by molar-refractivity contribution is 9.10. The Balaban J connectivity index is 0.000000162. The fourth-order valence-corrected chi connectivity index (χ4v) is 9.60. The highest BCUT2D eigenvalue weighted by Gasteiger charge is 2.51. The predicted molar refractivity (Wildman–Crippen MR) is 295 cm³/mol. The minimum atomic E-state index is -2.29.